The quantitative estimate of drug-likeness (QED) is 0.561. The van der Waals surface area contributed by atoms with Crippen LogP contribution in [0.15, 0.2) is 36.4 Å². The number of carboxylic acid groups (broad SMARTS) is 1. The maximum absolute atomic E-state index is 12.7. The number of aromatic nitrogens is 3. The summed E-state index contributed by atoms with van der Waals surface area (Å²) >= 11 is 0. The van der Waals surface area contributed by atoms with Crippen LogP contribution in [-0.2, 0) is 36.0 Å². The van der Waals surface area contributed by atoms with E-state index in [-0.39, 0.29) is 19.0 Å². The van der Waals surface area contributed by atoms with E-state index < -0.39 is 23.3 Å². The minimum atomic E-state index is -4.48. The fraction of sp³-hybridized carbons (Fsp3) is 0.318. The highest BCUT2D eigenvalue weighted by molar-refractivity contribution is 5.76. The van der Waals surface area contributed by atoms with E-state index in [9.17, 15) is 18.0 Å². The maximum Gasteiger partial charge on any atom is 0.424 e. The molecule has 0 spiro atoms. The van der Waals surface area contributed by atoms with Gasteiger partial charge in [0.15, 0.2) is 17.2 Å². The van der Waals surface area contributed by atoms with Crippen LogP contribution in [0.2, 0.25) is 0 Å². The molecule has 2 aromatic carbocycles. The molecule has 1 N–H and O–H groups in total. The topological polar surface area (TPSA) is 86.5 Å². The number of carboxylic acids is 1. The summed E-state index contributed by atoms with van der Waals surface area (Å²) in [7, 11) is 1.65. The number of hydrogen-bond acceptors (Lipinski definition) is 5. The minimum Gasteiger partial charge on any atom is -0.478 e. The molecule has 0 saturated heterocycles. The molecule has 0 bridgehead atoms. The number of aryl methyl sites for hydroxylation is 1. The third kappa shape index (κ3) is 5.56. The van der Waals surface area contributed by atoms with Crippen molar-refractivity contribution in [1.29, 1.82) is 0 Å². The van der Waals surface area contributed by atoms with Crippen molar-refractivity contribution in [3.8, 4) is 17.1 Å². The van der Waals surface area contributed by atoms with Crippen LogP contribution in [0, 0.1) is 12.1 Å². The Kier molecular flexibility index (Phi) is 6.41. The van der Waals surface area contributed by atoms with Crippen molar-refractivity contribution in [2.75, 3.05) is 0 Å². The number of aliphatic carboxylic acids is 1. The van der Waals surface area contributed by atoms with Crippen LogP contribution in [0.25, 0.3) is 11.4 Å². The van der Waals surface area contributed by atoms with Crippen LogP contribution in [0.4, 0.5) is 13.2 Å². The summed E-state index contributed by atoms with van der Waals surface area (Å²) in [5.41, 5.74) is -1.13. The van der Waals surface area contributed by atoms with Gasteiger partial charge in [-0.25, -0.2) is 9.78 Å². The predicted molar refractivity (Wildman–Crippen MR) is 106 cm³/mol. The minimum absolute atomic E-state index is 0.123. The molecule has 3 rings (SSSR count). The van der Waals surface area contributed by atoms with Crippen LogP contribution in [0.5, 0.6) is 5.75 Å². The third-order valence-corrected chi connectivity index (χ3v) is 4.46. The average Bonchev–Trinajstić information content (AvgIpc) is 3.09. The lowest BCUT2D eigenvalue weighted by molar-refractivity contribution is -0.152. The van der Waals surface area contributed by atoms with Crippen molar-refractivity contribution in [1.82, 2.24) is 14.8 Å². The average molecular weight is 447 g/mol. The molecule has 3 aromatic rings. The van der Waals surface area contributed by atoms with Crippen molar-refractivity contribution in [2.24, 2.45) is 7.05 Å². The number of rotatable bonds is 8. The van der Waals surface area contributed by atoms with E-state index in [0.29, 0.717) is 17.1 Å². The first-order valence-electron chi connectivity index (χ1n) is 9.46. The van der Waals surface area contributed by atoms with Crippen molar-refractivity contribution < 1.29 is 32.5 Å². The number of benzene rings is 1. The van der Waals surface area contributed by atoms with Crippen molar-refractivity contribution in [2.45, 2.75) is 38.8 Å². The molecular formula is C22H20F3N3O4. The molecule has 0 aliphatic heterocycles. The fourth-order valence-corrected chi connectivity index (χ4v) is 2.59. The van der Waals surface area contributed by atoms with E-state index in [1.165, 1.54) is 24.6 Å². The molecule has 0 aliphatic rings. The Balaban J connectivity index is 1.58. The zero-order valence-electron chi connectivity index (χ0n) is 17.5. The molecule has 0 radical (unpaired) electrons. The second-order valence-corrected chi connectivity index (χ2v) is 7.44. The lowest BCUT2D eigenvalue weighted by Gasteiger charge is -2.21. The monoisotopic (exact) mass is 447 g/mol. The number of nitrogens with zero attached hydrogens (tertiary/aromatic N) is 3. The number of halogens is 3. The zero-order valence-corrected chi connectivity index (χ0v) is 17.5. The Morgan fingerprint density at radius 3 is 2.34 bits per heavy atom. The summed E-state index contributed by atoms with van der Waals surface area (Å²) in [5, 5.41) is 13.3. The molecule has 1 heterocycles. The Labute approximate surface area is 182 Å². The van der Waals surface area contributed by atoms with Gasteiger partial charge < -0.3 is 14.6 Å². The summed E-state index contributed by atoms with van der Waals surface area (Å²) in [5.74, 6) is 0.0542. The van der Waals surface area contributed by atoms with Gasteiger partial charge in [0.2, 0.25) is 0 Å². The van der Waals surface area contributed by atoms with Gasteiger partial charge in [0, 0.05) is 7.05 Å². The molecule has 0 unspecified atom stereocenters. The highest BCUT2D eigenvalue weighted by Crippen LogP contribution is 2.28. The lowest BCUT2D eigenvalue weighted by atomic mass is 10.1. The lowest BCUT2D eigenvalue weighted by Crippen LogP contribution is -2.37. The van der Waals surface area contributed by atoms with Gasteiger partial charge in [-0.2, -0.15) is 18.3 Å². The number of alkyl halides is 3. The summed E-state index contributed by atoms with van der Waals surface area (Å²) in [4.78, 5) is 15.4. The van der Waals surface area contributed by atoms with E-state index in [1.807, 2.05) is 0 Å². The van der Waals surface area contributed by atoms with E-state index in [4.69, 9.17) is 14.6 Å². The molecule has 32 heavy (non-hydrogen) atoms. The van der Waals surface area contributed by atoms with Gasteiger partial charge in [-0.15, -0.1) is 0 Å². The van der Waals surface area contributed by atoms with E-state index in [1.54, 1.807) is 31.3 Å². The maximum atomic E-state index is 12.7. The van der Waals surface area contributed by atoms with E-state index >= 15 is 0 Å². The van der Waals surface area contributed by atoms with Crippen molar-refractivity contribution in [3.63, 3.8) is 0 Å². The number of hydrogen-bond donors (Lipinski definition) is 1. The Morgan fingerprint density at radius 1 is 1.09 bits per heavy atom. The molecule has 0 aliphatic carbocycles. The normalized spacial score (nSPS) is 11.8. The molecule has 0 fully saturated rings. The van der Waals surface area contributed by atoms with Crippen molar-refractivity contribution in [3.05, 3.63) is 65.5 Å². The Hall–Kier alpha value is -3.58. The number of carbonyl (C=O) groups is 1. The second kappa shape index (κ2) is 8.88. The zero-order chi connectivity index (χ0) is 23.5. The molecule has 10 heteroatoms. The fourth-order valence-electron chi connectivity index (χ4n) is 2.59. The molecular weight excluding hydrogens is 427 g/mol. The number of ether oxygens (including phenoxy) is 2. The van der Waals surface area contributed by atoms with E-state index in [2.05, 4.69) is 22.2 Å². The standard InChI is InChI=1S/C22H20F3N3O4/c1-21(2,20(29)30)32-17-10-4-14(5-11-17)12-31-13-18-26-19(27-28(18)3)15-6-8-16(9-7-15)22(23,24)25/h4-6,8,10-11H,12-13H2,1-3H3,(H,29,30). The van der Waals surface area contributed by atoms with E-state index in [0.717, 1.165) is 11.6 Å². The molecule has 1 aromatic heterocycles. The van der Waals surface area contributed by atoms with Gasteiger partial charge in [0.05, 0.1) is 12.2 Å². The highest BCUT2D eigenvalue weighted by atomic mass is 19.4. The molecule has 168 valence electrons. The molecule has 7 nitrogen and oxygen atoms in total. The van der Waals surface area contributed by atoms with Crippen molar-refractivity contribution >= 4 is 5.97 Å². The first-order chi connectivity index (χ1) is 15.0. The summed E-state index contributed by atoms with van der Waals surface area (Å²) < 4.78 is 50.6. The van der Waals surface area contributed by atoms with Crippen LogP contribution in [0.3, 0.4) is 0 Å². The van der Waals surface area contributed by atoms with Gasteiger partial charge in [-0.05, 0) is 43.7 Å². The van der Waals surface area contributed by atoms with Crippen LogP contribution >= 0.6 is 0 Å². The third-order valence-electron chi connectivity index (χ3n) is 4.46. The SMILES string of the molecule is Cn1nc(-c2c#cc(C(F)(F)F)cc2)nc1COCc1ccc(OC(C)(C)C(=O)O)cc1. The van der Waals surface area contributed by atoms with Gasteiger partial charge in [0.25, 0.3) is 0 Å². The van der Waals surface area contributed by atoms with Crippen LogP contribution < -0.4 is 4.74 Å². The molecule has 0 saturated carbocycles. The largest absolute Gasteiger partial charge is 0.478 e. The van der Waals surface area contributed by atoms with Crippen LogP contribution in [-0.4, -0.2) is 31.4 Å². The van der Waals surface area contributed by atoms with Gasteiger partial charge in [0.1, 0.15) is 17.9 Å². The molecule has 0 atom stereocenters. The summed E-state index contributed by atoms with van der Waals surface area (Å²) in [6.45, 7) is 3.30. The summed E-state index contributed by atoms with van der Waals surface area (Å²) in [6, 6.07) is 13.5. The first-order valence-corrected chi connectivity index (χ1v) is 9.46. The van der Waals surface area contributed by atoms with Gasteiger partial charge in [-0.3, -0.25) is 4.68 Å². The van der Waals surface area contributed by atoms with Crippen LogP contribution in [0.1, 0.15) is 30.8 Å². The predicted octanol–water partition coefficient (Wildman–Crippen LogP) is 4.06. The summed E-state index contributed by atoms with van der Waals surface area (Å²) in [6.07, 6.45) is -4.48. The smallest absolute Gasteiger partial charge is 0.424 e. The Morgan fingerprint density at radius 2 is 1.78 bits per heavy atom. The second-order valence-electron chi connectivity index (χ2n) is 7.44. The first kappa shape index (κ1) is 23.1. The highest BCUT2D eigenvalue weighted by Gasteiger charge is 2.31. The van der Waals surface area contributed by atoms with Gasteiger partial charge in [-0.1, -0.05) is 24.3 Å². The van der Waals surface area contributed by atoms with Gasteiger partial charge >= 0.3 is 12.1 Å². The Bertz CT molecular complexity index is 1080. The molecule has 0 amide bonds.